The van der Waals surface area contributed by atoms with E-state index in [1.807, 2.05) is 18.2 Å². The lowest BCUT2D eigenvalue weighted by Crippen LogP contribution is -2.29. The first-order valence-corrected chi connectivity index (χ1v) is 8.03. The number of benzene rings is 1. The molecule has 1 amide bonds. The van der Waals surface area contributed by atoms with Gasteiger partial charge < -0.3 is 14.5 Å². The minimum atomic E-state index is -0.132. The van der Waals surface area contributed by atoms with Crippen LogP contribution in [-0.4, -0.2) is 35.4 Å². The van der Waals surface area contributed by atoms with Crippen LogP contribution in [0.3, 0.4) is 0 Å². The standard InChI is InChI=1S/C17H21N3O3/c1-12-19-20-17(23-12)15-8-3-2-7-14(15)16(21)18-10-9-13-6-4-5-11-22-13/h2-3,7-8,13H,4-6,9-11H2,1H3,(H,18,21). The van der Waals surface area contributed by atoms with Crippen molar-refractivity contribution < 1.29 is 13.9 Å². The number of hydrogen-bond donors (Lipinski definition) is 1. The molecular weight excluding hydrogens is 294 g/mol. The summed E-state index contributed by atoms with van der Waals surface area (Å²) in [6, 6.07) is 7.25. The molecule has 6 nitrogen and oxygen atoms in total. The van der Waals surface area contributed by atoms with Crippen LogP contribution in [0.2, 0.25) is 0 Å². The van der Waals surface area contributed by atoms with E-state index >= 15 is 0 Å². The van der Waals surface area contributed by atoms with Crippen LogP contribution in [0.5, 0.6) is 0 Å². The molecule has 23 heavy (non-hydrogen) atoms. The summed E-state index contributed by atoms with van der Waals surface area (Å²) in [5.74, 6) is 0.709. The maximum absolute atomic E-state index is 12.4. The van der Waals surface area contributed by atoms with Crippen LogP contribution >= 0.6 is 0 Å². The second-order valence-electron chi connectivity index (χ2n) is 5.70. The van der Waals surface area contributed by atoms with E-state index in [9.17, 15) is 4.79 Å². The van der Waals surface area contributed by atoms with Crippen molar-refractivity contribution in [1.29, 1.82) is 0 Å². The van der Waals surface area contributed by atoms with Crippen molar-refractivity contribution in [3.8, 4) is 11.5 Å². The highest BCUT2D eigenvalue weighted by Crippen LogP contribution is 2.22. The first kappa shape index (κ1) is 15.7. The second-order valence-corrected chi connectivity index (χ2v) is 5.70. The van der Waals surface area contributed by atoms with Gasteiger partial charge in [-0.15, -0.1) is 10.2 Å². The Balaban J connectivity index is 1.63. The molecule has 1 atom stereocenters. The third-order valence-electron chi connectivity index (χ3n) is 3.95. The summed E-state index contributed by atoms with van der Waals surface area (Å²) in [6.45, 7) is 3.15. The summed E-state index contributed by atoms with van der Waals surface area (Å²) in [7, 11) is 0. The van der Waals surface area contributed by atoms with Gasteiger partial charge >= 0.3 is 0 Å². The Morgan fingerprint density at radius 3 is 2.91 bits per heavy atom. The molecule has 1 unspecified atom stereocenters. The Morgan fingerprint density at radius 1 is 1.30 bits per heavy atom. The number of aryl methyl sites for hydroxylation is 1. The van der Waals surface area contributed by atoms with Gasteiger partial charge in [-0.2, -0.15) is 0 Å². The van der Waals surface area contributed by atoms with Gasteiger partial charge in [-0.3, -0.25) is 4.79 Å². The molecule has 1 N–H and O–H groups in total. The Bertz CT molecular complexity index is 663. The summed E-state index contributed by atoms with van der Waals surface area (Å²) < 4.78 is 11.1. The summed E-state index contributed by atoms with van der Waals surface area (Å²) in [6.07, 6.45) is 4.52. The molecule has 0 saturated carbocycles. The topological polar surface area (TPSA) is 77.2 Å². The lowest BCUT2D eigenvalue weighted by atomic mass is 10.1. The van der Waals surface area contributed by atoms with E-state index in [4.69, 9.17) is 9.15 Å². The van der Waals surface area contributed by atoms with E-state index in [1.54, 1.807) is 13.0 Å². The minimum Gasteiger partial charge on any atom is -0.421 e. The molecule has 2 heterocycles. The third kappa shape index (κ3) is 3.96. The van der Waals surface area contributed by atoms with Crippen LogP contribution in [0.25, 0.3) is 11.5 Å². The number of carbonyl (C=O) groups is 1. The predicted molar refractivity (Wildman–Crippen MR) is 85.0 cm³/mol. The zero-order valence-electron chi connectivity index (χ0n) is 13.2. The lowest BCUT2D eigenvalue weighted by molar-refractivity contribution is 0.0117. The highest BCUT2D eigenvalue weighted by Gasteiger charge is 2.17. The van der Waals surface area contributed by atoms with Gasteiger partial charge in [0.2, 0.25) is 11.8 Å². The van der Waals surface area contributed by atoms with Crippen LogP contribution in [0.1, 0.15) is 41.9 Å². The van der Waals surface area contributed by atoms with Gasteiger partial charge in [-0.05, 0) is 37.8 Å². The Labute approximate surface area is 135 Å². The van der Waals surface area contributed by atoms with Crippen molar-refractivity contribution in [2.75, 3.05) is 13.2 Å². The number of amides is 1. The SMILES string of the molecule is Cc1nnc(-c2ccccc2C(=O)NCCC2CCCCO2)o1. The molecule has 0 aliphatic carbocycles. The van der Waals surface area contributed by atoms with Gasteiger partial charge in [0.1, 0.15) is 0 Å². The van der Waals surface area contributed by atoms with Crippen molar-refractivity contribution in [3.05, 3.63) is 35.7 Å². The molecule has 1 fully saturated rings. The fourth-order valence-corrected chi connectivity index (χ4v) is 2.75. The summed E-state index contributed by atoms with van der Waals surface area (Å²) in [4.78, 5) is 12.4. The Kier molecular flexibility index (Phi) is 5.02. The van der Waals surface area contributed by atoms with Gasteiger partial charge in [0.25, 0.3) is 5.91 Å². The van der Waals surface area contributed by atoms with E-state index in [0.29, 0.717) is 29.5 Å². The second kappa shape index (κ2) is 7.37. The fourth-order valence-electron chi connectivity index (χ4n) is 2.75. The van der Waals surface area contributed by atoms with Crippen molar-refractivity contribution in [3.63, 3.8) is 0 Å². The van der Waals surface area contributed by atoms with E-state index in [1.165, 1.54) is 6.42 Å². The van der Waals surface area contributed by atoms with Crippen LogP contribution in [0.15, 0.2) is 28.7 Å². The molecule has 0 radical (unpaired) electrons. The zero-order chi connectivity index (χ0) is 16.1. The van der Waals surface area contributed by atoms with Gasteiger partial charge in [-0.25, -0.2) is 0 Å². The Morgan fingerprint density at radius 2 is 2.17 bits per heavy atom. The number of hydrogen-bond acceptors (Lipinski definition) is 5. The first-order chi connectivity index (χ1) is 11.2. The fraction of sp³-hybridized carbons (Fsp3) is 0.471. The molecular formula is C17H21N3O3. The molecule has 2 aromatic rings. The molecule has 1 aromatic heterocycles. The van der Waals surface area contributed by atoms with E-state index in [0.717, 1.165) is 25.9 Å². The highest BCUT2D eigenvalue weighted by molar-refractivity contribution is 5.99. The van der Waals surface area contributed by atoms with Gasteiger partial charge in [0.05, 0.1) is 17.2 Å². The molecule has 122 valence electrons. The smallest absolute Gasteiger partial charge is 0.252 e. The lowest BCUT2D eigenvalue weighted by Gasteiger charge is -2.22. The van der Waals surface area contributed by atoms with Crippen LogP contribution in [0.4, 0.5) is 0 Å². The number of nitrogens with one attached hydrogen (secondary N) is 1. The largest absolute Gasteiger partial charge is 0.421 e. The molecule has 6 heteroatoms. The highest BCUT2D eigenvalue weighted by atomic mass is 16.5. The predicted octanol–water partition coefficient (Wildman–Crippen LogP) is 2.73. The van der Waals surface area contributed by atoms with Gasteiger partial charge in [-0.1, -0.05) is 12.1 Å². The van der Waals surface area contributed by atoms with Gasteiger partial charge in [0, 0.05) is 20.1 Å². The average molecular weight is 315 g/mol. The van der Waals surface area contributed by atoms with E-state index < -0.39 is 0 Å². The van der Waals surface area contributed by atoms with Crippen LogP contribution in [-0.2, 0) is 4.74 Å². The number of aromatic nitrogens is 2. The quantitative estimate of drug-likeness (QED) is 0.918. The number of nitrogens with zero attached hydrogens (tertiary/aromatic N) is 2. The molecule has 3 rings (SSSR count). The van der Waals surface area contributed by atoms with Crippen LogP contribution in [0, 0.1) is 6.92 Å². The van der Waals surface area contributed by atoms with E-state index in [-0.39, 0.29) is 12.0 Å². The molecule has 0 bridgehead atoms. The Hall–Kier alpha value is -2.21. The van der Waals surface area contributed by atoms with Crippen molar-refractivity contribution in [2.45, 2.75) is 38.7 Å². The van der Waals surface area contributed by atoms with Crippen molar-refractivity contribution in [2.24, 2.45) is 0 Å². The number of carbonyl (C=O) groups excluding carboxylic acids is 1. The summed E-state index contributed by atoms with van der Waals surface area (Å²) in [5.41, 5.74) is 1.19. The maximum atomic E-state index is 12.4. The average Bonchev–Trinajstić information content (AvgIpc) is 3.02. The zero-order valence-corrected chi connectivity index (χ0v) is 13.2. The first-order valence-electron chi connectivity index (χ1n) is 8.03. The molecule has 0 spiro atoms. The third-order valence-corrected chi connectivity index (χ3v) is 3.95. The number of ether oxygens (including phenoxy) is 1. The minimum absolute atomic E-state index is 0.132. The summed E-state index contributed by atoms with van der Waals surface area (Å²) >= 11 is 0. The van der Waals surface area contributed by atoms with Gasteiger partial charge in [0.15, 0.2) is 0 Å². The molecule has 1 aliphatic rings. The molecule has 1 saturated heterocycles. The molecule has 1 aromatic carbocycles. The van der Waals surface area contributed by atoms with Crippen molar-refractivity contribution in [1.82, 2.24) is 15.5 Å². The monoisotopic (exact) mass is 315 g/mol. The molecule has 1 aliphatic heterocycles. The maximum Gasteiger partial charge on any atom is 0.252 e. The number of rotatable bonds is 5. The van der Waals surface area contributed by atoms with E-state index in [2.05, 4.69) is 15.5 Å². The summed E-state index contributed by atoms with van der Waals surface area (Å²) in [5, 5.41) is 10.8. The van der Waals surface area contributed by atoms with Crippen LogP contribution < -0.4 is 5.32 Å². The normalized spacial score (nSPS) is 17.9. The van der Waals surface area contributed by atoms with Crippen molar-refractivity contribution >= 4 is 5.91 Å².